The van der Waals surface area contributed by atoms with Gasteiger partial charge in [0.1, 0.15) is 5.75 Å². The fourth-order valence-electron chi connectivity index (χ4n) is 1.97. The van der Waals surface area contributed by atoms with Crippen molar-refractivity contribution in [2.24, 2.45) is 0 Å². The van der Waals surface area contributed by atoms with Crippen LogP contribution in [0, 0.1) is 6.92 Å². The van der Waals surface area contributed by atoms with Crippen molar-refractivity contribution in [2.75, 3.05) is 11.8 Å². The van der Waals surface area contributed by atoms with Crippen molar-refractivity contribution in [2.45, 2.75) is 11.8 Å². The van der Waals surface area contributed by atoms with Crippen LogP contribution in [0.4, 0.5) is 5.13 Å². The maximum atomic E-state index is 12.3. The molecule has 0 spiro atoms. The number of hydrogen-bond acceptors (Lipinski definition) is 5. The largest absolute Gasteiger partial charge is 0.497 e. The molecule has 5 nitrogen and oxygen atoms in total. The molecule has 22 heavy (non-hydrogen) atoms. The predicted octanol–water partition coefficient (Wildman–Crippen LogP) is 3.41. The van der Waals surface area contributed by atoms with E-state index in [1.54, 1.807) is 43.5 Å². The Morgan fingerprint density at radius 2 is 1.86 bits per heavy atom. The first kappa shape index (κ1) is 14.8. The quantitative estimate of drug-likeness (QED) is 0.794. The zero-order valence-electron chi connectivity index (χ0n) is 12.0. The summed E-state index contributed by atoms with van der Waals surface area (Å²) in [5, 5.41) is 0.337. The number of hydrogen-bond donors (Lipinski definition) is 1. The van der Waals surface area contributed by atoms with Crippen LogP contribution in [0.1, 0.15) is 5.56 Å². The van der Waals surface area contributed by atoms with Crippen LogP contribution < -0.4 is 9.46 Å². The predicted molar refractivity (Wildman–Crippen MR) is 88.2 cm³/mol. The Morgan fingerprint density at radius 1 is 1.14 bits per heavy atom. The zero-order valence-corrected chi connectivity index (χ0v) is 13.7. The summed E-state index contributed by atoms with van der Waals surface area (Å²) in [4.78, 5) is 4.51. The molecule has 0 amide bonds. The number of thiazole rings is 1. The highest BCUT2D eigenvalue weighted by atomic mass is 32.2. The van der Waals surface area contributed by atoms with Gasteiger partial charge in [-0.2, -0.15) is 0 Å². The molecule has 114 valence electrons. The number of ether oxygens (including phenoxy) is 1. The van der Waals surface area contributed by atoms with Crippen molar-refractivity contribution in [3.63, 3.8) is 0 Å². The van der Waals surface area contributed by atoms with Crippen molar-refractivity contribution in [3.8, 4) is 5.75 Å². The highest BCUT2D eigenvalue weighted by Gasteiger charge is 2.16. The minimum absolute atomic E-state index is 0.218. The molecule has 0 aliphatic rings. The Kier molecular flexibility index (Phi) is 3.76. The van der Waals surface area contributed by atoms with E-state index >= 15 is 0 Å². The van der Waals surface area contributed by atoms with Gasteiger partial charge in [-0.1, -0.05) is 29.0 Å². The van der Waals surface area contributed by atoms with Crippen molar-refractivity contribution in [1.29, 1.82) is 0 Å². The van der Waals surface area contributed by atoms with Gasteiger partial charge >= 0.3 is 0 Å². The molecule has 0 unspecified atom stereocenters. The van der Waals surface area contributed by atoms with E-state index in [2.05, 4.69) is 9.71 Å². The summed E-state index contributed by atoms with van der Waals surface area (Å²) in [6, 6.07) is 12.1. The number of nitrogens with zero attached hydrogens (tertiary/aromatic N) is 1. The fraction of sp³-hybridized carbons (Fsp3) is 0.133. The Labute approximate surface area is 132 Å². The lowest BCUT2D eigenvalue weighted by Crippen LogP contribution is -2.12. The fourth-order valence-corrected chi connectivity index (χ4v) is 4.10. The summed E-state index contributed by atoms with van der Waals surface area (Å²) in [7, 11) is -2.04. The van der Waals surface area contributed by atoms with Gasteiger partial charge in [-0.05, 0) is 37.3 Å². The first-order chi connectivity index (χ1) is 10.5. The van der Waals surface area contributed by atoms with E-state index in [1.165, 1.54) is 11.3 Å². The molecule has 0 saturated carbocycles. The average molecular weight is 334 g/mol. The Morgan fingerprint density at radius 3 is 2.55 bits per heavy atom. The molecule has 3 aromatic rings. The van der Waals surface area contributed by atoms with E-state index in [9.17, 15) is 8.42 Å². The van der Waals surface area contributed by atoms with Gasteiger partial charge in [0.15, 0.2) is 5.13 Å². The average Bonchev–Trinajstić information content (AvgIpc) is 2.87. The second-order valence-electron chi connectivity index (χ2n) is 4.77. The van der Waals surface area contributed by atoms with Gasteiger partial charge in [-0.3, -0.25) is 4.72 Å². The Hall–Kier alpha value is -2.12. The number of aryl methyl sites for hydroxylation is 1. The third kappa shape index (κ3) is 2.90. The number of rotatable bonds is 4. The lowest BCUT2D eigenvalue weighted by Gasteiger charge is -2.04. The first-order valence-corrected chi connectivity index (χ1v) is 8.82. The minimum Gasteiger partial charge on any atom is -0.497 e. The molecule has 2 aromatic carbocycles. The molecule has 1 N–H and O–H groups in total. The van der Waals surface area contributed by atoms with Gasteiger partial charge < -0.3 is 4.74 Å². The first-order valence-electron chi connectivity index (χ1n) is 6.52. The Bertz CT molecular complexity index is 916. The van der Waals surface area contributed by atoms with E-state index in [-0.39, 0.29) is 4.90 Å². The second-order valence-corrected chi connectivity index (χ2v) is 7.48. The van der Waals surface area contributed by atoms with Crippen molar-refractivity contribution in [3.05, 3.63) is 48.0 Å². The number of anilines is 1. The smallest absolute Gasteiger partial charge is 0.263 e. The number of benzene rings is 2. The topological polar surface area (TPSA) is 68.3 Å². The Balaban J connectivity index is 1.93. The molecule has 7 heteroatoms. The van der Waals surface area contributed by atoms with E-state index in [0.717, 1.165) is 15.8 Å². The van der Waals surface area contributed by atoms with Crippen LogP contribution in [0.15, 0.2) is 47.4 Å². The third-order valence-corrected chi connectivity index (χ3v) is 5.57. The summed E-state index contributed by atoms with van der Waals surface area (Å²) >= 11 is 1.27. The van der Waals surface area contributed by atoms with Crippen LogP contribution in [0.3, 0.4) is 0 Å². The maximum Gasteiger partial charge on any atom is 0.263 e. The van der Waals surface area contributed by atoms with E-state index in [0.29, 0.717) is 10.9 Å². The number of aromatic nitrogens is 1. The second kappa shape index (κ2) is 5.58. The van der Waals surface area contributed by atoms with Crippen LogP contribution >= 0.6 is 11.3 Å². The highest BCUT2D eigenvalue weighted by Crippen LogP contribution is 2.30. The summed E-state index contributed by atoms with van der Waals surface area (Å²) in [6.45, 7) is 1.91. The van der Waals surface area contributed by atoms with Crippen molar-refractivity contribution in [1.82, 2.24) is 4.98 Å². The van der Waals surface area contributed by atoms with Gasteiger partial charge in [0.05, 0.1) is 22.2 Å². The highest BCUT2D eigenvalue weighted by molar-refractivity contribution is 7.93. The lowest BCUT2D eigenvalue weighted by atomic mass is 10.2. The number of fused-ring (bicyclic) bond motifs is 1. The summed E-state index contributed by atoms with van der Waals surface area (Å²) in [5.74, 6) is 0.712. The molecule has 1 aromatic heterocycles. The van der Waals surface area contributed by atoms with Gasteiger partial charge in [0, 0.05) is 0 Å². The molecular weight excluding hydrogens is 320 g/mol. The maximum absolute atomic E-state index is 12.3. The molecule has 0 radical (unpaired) electrons. The van der Waals surface area contributed by atoms with Crippen molar-refractivity contribution >= 4 is 36.7 Å². The SMILES string of the molecule is COc1ccc2nc(NS(=O)(=O)c3ccc(C)cc3)sc2c1. The normalized spacial score (nSPS) is 11.5. The number of sulfonamides is 1. The van der Waals surface area contributed by atoms with E-state index < -0.39 is 10.0 Å². The van der Waals surface area contributed by atoms with E-state index in [1.807, 2.05) is 13.0 Å². The van der Waals surface area contributed by atoms with E-state index in [4.69, 9.17) is 4.74 Å². The monoisotopic (exact) mass is 334 g/mol. The standard InChI is InChI=1S/C15H14N2O3S2/c1-10-3-6-12(7-4-10)22(18,19)17-15-16-13-8-5-11(20-2)9-14(13)21-15/h3-9H,1-2H3,(H,16,17). The van der Waals surface area contributed by atoms with Crippen LogP contribution in [-0.4, -0.2) is 20.5 Å². The van der Waals surface area contributed by atoms with Gasteiger partial charge in [0.2, 0.25) is 0 Å². The summed E-state index contributed by atoms with van der Waals surface area (Å²) in [5.41, 5.74) is 1.73. The molecule has 0 fully saturated rings. The van der Waals surface area contributed by atoms with Gasteiger partial charge in [-0.25, -0.2) is 13.4 Å². The molecule has 0 aliphatic heterocycles. The lowest BCUT2D eigenvalue weighted by molar-refractivity contribution is 0.415. The van der Waals surface area contributed by atoms with Crippen LogP contribution in [0.2, 0.25) is 0 Å². The van der Waals surface area contributed by atoms with Crippen molar-refractivity contribution < 1.29 is 13.2 Å². The van der Waals surface area contributed by atoms with Crippen LogP contribution in [0.5, 0.6) is 5.75 Å². The molecule has 0 atom stereocenters. The zero-order chi connectivity index (χ0) is 15.7. The van der Waals surface area contributed by atoms with Crippen LogP contribution in [-0.2, 0) is 10.0 Å². The number of nitrogens with one attached hydrogen (secondary N) is 1. The molecule has 3 rings (SSSR count). The van der Waals surface area contributed by atoms with Crippen LogP contribution in [0.25, 0.3) is 10.2 Å². The minimum atomic E-state index is -3.63. The van der Waals surface area contributed by atoms with Gasteiger partial charge in [0.25, 0.3) is 10.0 Å². The van der Waals surface area contributed by atoms with Gasteiger partial charge in [-0.15, -0.1) is 0 Å². The molecule has 0 bridgehead atoms. The summed E-state index contributed by atoms with van der Waals surface area (Å²) in [6.07, 6.45) is 0. The molecule has 1 heterocycles. The molecule has 0 aliphatic carbocycles. The summed E-state index contributed by atoms with van der Waals surface area (Å²) < 4.78 is 33.2. The number of methoxy groups -OCH3 is 1. The molecular formula is C15H14N2O3S2. The third-order valence-electron chi connectivity index (χ3n) is 3.15. The molecule has 0 saturated heterocycles.